The molecule has 0 saturated heterocycles. The van der Waals surface area contributed by atoms with Crippen molar-refractivity contribution >= 4 is 7.85 Å². The van der Waals surface area contributed by atoms with Crippen molar-refractivity contribution in [2.45, 2.75) is 52.3 Å². The number of allylic oxidation sites excluding steroid dienone is 2. The Morgan fingerprint density at radius 2 is 1.57 bits per heavy atom. The second-order valence-corrected chi connectivity index (χ2v) is 6.98. The van der Waals surface area contributed by atoms with Crippen LogP contribution in [0.25, 0.3) is 0 Å². The minimum absolute atomic E-state index is 0.418. The third-order valence-corrected chi connectivity index (χ3v) is 4.94. The molecule has 3 aromatic rings. The van der Waals surface area contributed by atoms with Crippen molar-refractivity contribution in [1.29, 1.82) is 0 Å². The highest BCUT2D eigenvalue weighted by Gasteiger charge is 2.16. The van der Waals surface area contributed by atoms with Gasteiger partial charge in [-0.05, 0) is 55.4 Å². The predicted molar refractivity (Wildman–Crippen MR) is 121 cm³/mol. The summed E-state index contributed by atoms with van der Waals surface area (Å²) in [5.41, 5.74) is 6.75. The van der Waals surface area contributed by atoms with Crippen LogP contribution < -0.4 is 0 Å². The zero-order valence-electron chi connectivity index (χ0n) is 17.4. The zero-order valence-corrected chi connectivity index (χ0v) is 17.4. The van der Waals surface area contributed by atoms with Gasteiger partial charge in [-0.15, -0.1) is 0 Å². The van der Waals surface area contributed by atoms with E-state index in [2.05, 4.69) is 91.4 Å². The Kier molecular flexibility index (Phi) is 9.34. The van der Waals surface area contributed by atoms with Crippen LogP contribution in [0.15, 0.2) is 73.2 Å². The van der Waals surface area contributed by atoms with Gasteiger partial charge in [-0.1, -0.05) is 73.9 Å². The lowest BCUT2D eigenvalue weighted by Gasteiger charge is -2.20. The number of aromatic nitrogens is 2. The van der Waals surface area contributed by atoms with Gasteiger partial charge in [0.05, 0.1) is 14.2 Å². The van der Waals surface area contributed by atoms with E-state index < -0.39 is 0 Å². The van der Waals surface area contributed by atoms with Gasteiger partial charge in [0, 0.05) is 17.8 Å². The second-order valence-electron chi connectivity index (χ2n) is 6.98. The van der Waals surface area contributed by atoms with Crippen LogP contribution in [0.2, 0.25) is 6.32 Å². The molecule has 3 rings (SSSR count). The molecule has 0 bridgehead atoms. The maximum Gasteiger partial charge on any atom is 0.0921 e. The number of H-pyrrole nitrogens is 1. The Morgan fingerprint density at radius 1 is 0.964 bits per heavy atom. The van der Waals surface area contributed by atoms with E-state index in [1.807, 2.05) is 6.20 Å². The van der Waals surface area contributed by atoms with Crippen molar-refractivity contribution in [3.8, 4) is 0 Å². The van der Waals surface area contributed by atoms with E-state index in [9.17, 15) is 0 Å². The van der Waals surface area contributed by atoms with Crippen LogP contribution in [0.1, 0.15) is 53.6 Å². The molecule has 1 heterocycles. The number of aromatic amines is 1. The highest BCUT2D eigenvalue weighted by atomic mass is 14.8. The fraction of sp³-hybridized carbons (Fsp3) is 0.320. The molecule has 0 fully saturated rings. The first kappa shape index (κ1) is 21.8. The molecule has 1 N–H and O–H groups in total. The van der Waals surface area contributed by atoms with Crippen molar-refractivity contribution in [2.24, 2.45) is 0 Å². The first-order chi connectivity index (χ1) is 13.7. The summed E-state index contributed by atoms with van der Waals surface area (Å²) in [5.74, 6) is 0.418. The minimum atomic E-state index is 0.418. The van der Waals surface area contributed by atoms with Gasteiger partial charge in [-0.2, -0.15) is 0 Å². The number of aryl methyl sites for hydroxylation is 3. The number of rotatable bonds is 7. The molecule has 28 heavy (non-hydrogen) atoms. The van der Waals surface area contributed by atoms with Crippen LogP contribution in [0, 0.1) is 13.8 Å². The number of benzene rings is 2. The summed E-state index contributed by atoms with van der Waals surface area (Å²) in [6.45, 7) is 6.49. The number of hydrogen-bond acceptors (Lipinski definition) is 1. The monoisotopic (exact) mass is 370 g/mol. The summed E-state index contributed by atoms with van der Waals surface area (Å²) < 4.78 is 0. The predicted octanol–water partition coefficient (Wildman–Crippen LogP) is 6.33. The molecule has 0 saturated carbocycles. The smallest absolute Gasteiger partial charge is 0.0921 e. The molecule has 0 unspecified atom stereocenters. The first-order valence-electron chi connectivity index (χ1n) is 10.1. The van der Waals surface area contributed by atoms with E-state index in [-0.39, 0.29) is 0 Å². The van der Waals surface area contributed by atoms with Gasteiger partial charge < -0.3 is 4.98 Å². The normalized spacial score (nSPS) is 10.9. The second kappa shape index (κ2) is 12.0. The third-order valence-electron chi connectivity index (χ3n) is 4.94. The standard InChI is InChI=1S/C20H23B.C5H8N2/c1-16-10-5-7-12-18(16)20(14-4-3-9-15-21)19-13-8-6-11-17(19)2;1-2-5-3-6-4-7-5/h3-8,10-13,20H,9,14-15H2,1-2H3;3-4H,2H2,1H3,(H,6,7). The molecule has 1 aromatic heterocycles. The van der Waals surface area contributed by atoms with Crippen molar-refractivity contribution in [3.63, 3.8) is 0 Å². The highest BCUT2D eigenvalue weighted by Crippen LogP contribution is 2.32. The summed E-state index contributed by atoms with van der Waals surface area (Å²) in [7, 11) is 5.56. The molecule has 0 aliphatic carbocycles. The number of imidazole rings is 1. The minimum Gasteiger partial charge on any atom is -0.349 e. The maximum absolute atomic E-state index is 5.56. The van der Waals surface area contributed by atoms with Crippen LogP contribution in [-0.4, -0.2) is 17.8 Å². The van der Waals surface area contributed by atoms with E-state index >= 15 is 0 Å². The molecular weight excluding hydrogens is 339 g/mol. The average Bonchev–Trinajstić information content (AvgIpc) is 3.24. The average molecular weight is 370 g/mol. The highest BCUT2D eigenvalue weighted by molar-refractivity contribution is 6.08. The summed E-state index contributed by atoms with van der Waals surface area (Å²) in [6.07, 6.45) is 11.7. The van der Waals surface area contributed by atoms with E-state index in [0.29, 0.717) is 5.92 Å². The molecule has 0 aliphatic heterocycles. The first-order valence-corrected chi connectivity index (χ1v) is 10.1. The Bertz CT molecular complexity index is 792. The summed E-state index contributed by atoms with van der Waals surface area (Å²) in [5, 5.41) is 0. The molecule has 0 aliphatic rings. The van der Waals surface area contributed by atoms with E-state index in [1.165, 1.54) is 27.9 Å². The Morgan fingerprint density at radius 3 is 2.00 bits per heavy atom. The van der Waals surface area contributed by atoms with Gasteiger partial charge in [-0.3, -0.25) is 0 Å². The molecule has 3 heteroatoms. The summed E-state index contributed by atoms with van der Waals surface area (Å²) >= 11 is 0. The van der Waals surface area contributed by atoms with Crippen molar-refractivity contribution in [1.82, 2.24) is 9.97 Å². The fourth-order valence-corrected chi connectivity index (χ4v) is 3.30. The van der Waals surface area contributed by atoms with E-state index in [1.54, 1.807) is 6.33 Å². The number of nitrogens with zero attached hydrogens (tertiary/aromatic N) is 1. The van der Waals surface area contributed by atoms with Crippen LogP contribution in [-0.2, 0) is 6.42 Å². The SMILES string of the molecule is CCc1cnc[nH]1.[B]CCC=CCC(c1ccccc1C)c1ccccc1C. The maximum atomic E-state index is 5.56. The number of hydrogen-bond donors (Lipinski definition) is 1. The van der Waals surface area contributed by atoms with Crippen LogP contribution in [0.4, 0.5) is 0 Å². The van der Waals surface area contributed by atoms with Crippen LogP contribution >= 0.6 is 0 Å². The Labute approximate surface area is 171 Å². The third kappa shape index (κ3) is 6.56. The quantitative estimate of drug-likeness (QED) is 0.382. The van der Waals surface area contributed by atoms with E-state index in [0.717, 1.165) is 25.6 Å². The molecular formula is C25H31BN2. The Balaban J connectivity index is 0.000000336. The van der Waals surface area contributed by atoms with E-state index in [4.69, 9.17) is 7.85 Å². The summed E-state index contributed by atoms with van der Waals surface area (Å²) in [6, 6.07) is 17.4. The van der Waals surface area contributed by atoms with Crippen molar-refractivity contribution in [3.05, 3.63) is 101 Å². The van der Waals surface area contributed by atoms with Gasteiger partial charge in [0.15, 0.2) is 0 Å². The molecule has 144 valence electrons. The van der Waals surface area contributed by atoms with Crippen LogP contribution in [0.5, 0.6) is 0 Å². The lowest BCUT2D eigenvalue weighted by molar-refractivity contribution is 0.811. The lowest BCUT2D eigenvalue weighted by atomic mass is 9.84. The van der Waals surface area contributed by atoms with Crippen molar-refractivity contribution in [2.75, 3.05) is 0 Å². The molecule has 2 nitrogen and oxygen atoms in total. The largest absolute Gasteiger partial charge is 0.349 e. The van der Waals surface area contributed by atoms with Gasteiger partial charge in [-0.25, -0.2) is 4.98 Å². The van der Waals surface area contributed by atoms with Gasteiger partial charge in [0.1, 0.15) is 0 Å². The fourth-order valence-electron chi connectivity index (χ4n) is 3.30. The lowest BCUT2D eigenvalue weighted by Crippen LogP contribution is -2.04. The van der Waals surface area contributed by atoms with Gasteiger partial charge in [0.25, 0.3) is 0 Å². The Hall–Kier alpha value is -2.55. The molecule has 2 radical (unpaired) electrons. The molecule has 2 aromatic carbocycles. The van der Waals surface area contributed by atoms with Gasteiger partial charge >= 0.3 is 0 Å². The topological polar surface area (TPSA) is 28.7 Å². The van der Waals surface area contributed by atoms with Gasteiger partial charge in [0.2, 0.25) is 0 Å². The zero-order chi connectivity index (χ0) is 20.2. The number of nitrogens with one attached hydrogen (secondary N) is 1. The van der Waals surface area contributed by atoms with Crippen molar-refractivity contribution < 1.29 is 0 Å². The molecule has 0 spiro atoms. The molecule has 0 amide bonds. The van der Waals surface area contributed by atoms with Crippen LogP contribution in [0.3, 0.4) is 0 Å². The molecule has 0 atom stereocenters. The summed E-state index contributed by atoms with van der Waals surface area (Å²) in [4.78, 5) is 6.81.